The normalized spacial score (nSPS) is 17.7. The Bertz CT molecular complexity index is 947. The fourth-order valence-electron chi connectivity index (χ4n) is 3.50. The average molecular weight is 437 g/mol. The molecule has 0 saturated carbocycles. The summed E-state index contributed by atoms with van der Waals surface area (Å²) >= 11 is 5.85. The highest BCUT2D eigenvalue weighted by Gasteiger charge is 2.33. The van der Waals surface area contributed by atoms with Gasteiger partial charge < -0.3 is 10.1 Å². The maximum atomic E-state index is 12.9. The number of piperidine rings is 1. The molecule has 2 aromatic rings. The zero-order chi connectivity index (χ0) is 20.9. The second-order valence-corrected chi connectivity index (χ2v) is 9.38. The van der Waals surface area contributed by atoms with Gasteiger partial charge in [0.15, 0.2) is 0 Å². The molecule has 8 heteroatoms. The maximum Gasteiger partial charge on any atom is 0.243 e. The second kappa shape index (κ2) is 9.61. The molecule has 0 bridgehead atoms. The summed E-state index contributed by atoms with van der Waals surface area (Å²) in [5, 5.41) is 3.42. The minimum Gasteiger partial charge on any atom is -0.496 e. The van der Waals surface area contributed by atoms with Crippen LogP contribution in [0.4, 0.5) is 0 Å². The predicted octanol–water partition coefficient (Wildman–Crippen LogP) is 3.11. The Morgan fingerprint density at radius 3 is 2.66 bits per heavy atom. The van der Waals surface area contributed by atoms with Crippen molar-refractivity contribution in [2.75, 3.05) is 26.7 Å². The number of para-hydroxylation sites is 1. The number of nitrogens with one attached hydrogen (secondary N) is 1. The Hall–Kier alpha value is -2.09. The number of carbonyl (C=O) groups is 1. The van der Waals surface area contributed by atoms with Crippen molar-refractivity contribution >= 4 is 27.5 Å². The summed E-state index contributed by atoms with van der Waals surface area (Å²) in [7, 11) is -2.02. The molecule has 2 aromatic carbocycles. The van der Waals surface area contributed by atoms with Crippen LogP contribution in [0.25, 0.3) is 0 Å². The lowest BCUT2D eigenvalue weighted by Crippen LogP contribution is -2.45. The molecule has 1 unspecified atom stereocenters. The van der Waals surface area contributed by atoms with Crippen LogP contribution in [0.15, 0.2) is 53.4 Å². The third kappa shape index (κ3) is 5.29. The zero-order valence-corrected chi connectivity index (χ0v) is 17.9. The van der Waals surface area contributed by atoms with Gasteiger partial charge in [0.05, 0.1) is 17.9 Å². The molecule has 1 aliphatic rings. The van der Waals surface area contributed by atoms with Crippen LogP contribution in [0.2, 0.25) is 5.02 Å². The lowest BCUT2D eigenvalue weighted by Gasteiger charge is -2.31. The standard InChI is InChI=1S/C21H25ClN2O4S/c1-28-20-7-3-2-5-16(20)12-13-23-21(25)17-6-4-14-24(15-17)29(26,27)19-10-8-18(22)9-11-19/h2-3,5,7-11,17H,4,6,12-15H2,1H3,(H,23,25). The van der Waals surface area contributed by atoms with E-state index in [1.54, 1.807) is 19.2 Å². The molecule has 156 valence electrons. The Labute approximate surface area is 176 Å². The van der Waals surface area contributed by atoms with E-state index in [-0.39, 0.29) is 23.3 Å². The van der Waals surface area contributed by atoms with Crippen LogP contribution in [0, 0.1) is 5.92 Å². The van der Waals surface area contributed by atoms with Crippen molar-refractivity contribution in [3.8, 4) is 5.75 Å². The number of rotatable bonds is 7. The number of amides is 1. The molecule has 1 atom stereocenters. The van der Waals surface area contributed by atoms with Crippen molar-refractivity contribution in [2.24, 2.45) is 5.92 Å². The minimum atomic E-state index is -3.64. The Morgan fingerprint density at radius 2 is 1.93 bits per heavy atom. The lowest BCUT2D eigenvalue weighted by molar-refractivity contribution is -0.126. The van der Waals surface area contributed by atoms with Gasteiger partial charge >= 0.3 is 0 Å². The summed E-state index contributed by atoms with van der Waals surface area (Å²) in [6.45, 7) is 1.07. The highest BCUT2D eigenvalue weighted by atomic mass is 35.5. The van der Waals surface area contributed by atoms with Crippen molar-refractivity contribution in [1.82, 2.24) is 9.62 Å². The molecule has 0 radical (unpaired) electrons. The van der Waals surface area contributed by atoms with Crippen LogP contribution in [0.1, 0.15) is 18.4 Å². The zero-order valence-electron chi connectivity index (χ0n) is 16.3. The molecule has 6 nitrogen and oxygen atoms in total. The molecule has 0 aromatic heterocycles. The number of benzene rings is 2. The van der Waals surface area contributed by atoms with E-state index in [1.165, 1.54) is 16.4 Å². The Morgan fingerprint density at radius 1 is 1.21 bits per heavy atom. The van der Waals surface area contributed by atoms with Crippen LogP contribution in [0.5, 0.6) is 5.75 Å². The third-order valence-corrected chi connectivity index (χ3v) is 7.22. The number of halogens is 1. The first-order valence-electron chi connectivity index (χ1n) is 9.57. The molecular weight excluding hydrogens is 412 g/mol. The molecule has 1 N–H and O–H groups in total. The van der Waals surface area contributed by atoms with E-state index < -0.39 is 10.0 Å². The first kappa shape index (κ1) is 21.6. The first-order valence-corrected chi connectivity index (χ1v) is 11.4. The predicted molar refractivity (Wildman–Crippen MR) is 113 cm³/mol. The van der Waals surface area contributed by atoms with Gasteiger partial charge in [-0.25, -0.2) is 8.42 Å². The van der Waals surface area contributed by atoms with E-state index >= 15 is 0 Å². The topological polar surface area (TPSA) is 75.7 Å². The molecule has 3 rings (SSSR count). The number of sulfonamides is 1. The molecule has 1 saturated heterocycles. The van der Waals surface area contributed by atoms with Crippen molar-refractivity contribution in [1.29, 1.82) is 0 Å². The van der Waals surface area contributed by atoms with Crippen LogP contribution in [-0.4, -0.2) is 45.4 Å². The number of nitrogens with zero attached hydrogens (tertiary/aromatic N) is 1. The fourth-order valence-corrected chi connectivity index (χ4v) is 5.15. The summed E-state index contributed by atoms with van der Waals surface area (Å²) in [6, 6.07) is 13.8. The SMILES string of the molecule is COc1ccccc1CCNC(=O)C1CCCN(S(=O)(=O)c2ccc(Cl)cc2)C1. The van der Waals surface area contributed by atoms with Gasteiger partial charge in [0.25, 0.3) is 0 Å². The molecule has 1 fully saturated rings. The van der Waals surface area contributed by atoms with Crippen LogP contribution in [0.3, 0.4) is 0 Å². The summed E-state index contributed by atoms with van der Waals surface area (Å²) < 4.78 is 32.5. The molecule has 29 heavy (non-hydrogen) atoms. The average Bonchev–Trinajstić information content (AvgIpc) is 2.74. The highest BCUT2D eigenvalue weighted by Crippen LogP contribution is 2.25. The van der Waals surface area contributed by atoms with E-state index in [2.05, 4.69) is 5.32 Å². The van der Waals surface area contributed by atoms with E-state index in [0.717, 1.165) is 11.3 Å². The van der Waals surface area contributed by atoms with E-state index in [0.29, 0.717) is 37.4 Å². The number of carbonyl (C=O) groups excluding carboxylic acids is 1. The van der Waals surface area contributed by atoms with Gasteiger partial charge in [0.2, 0.25) is 15.9 Å². The van der Waals surface area contributed by atoms with Crippen molar-refractivity contribution in [3.63, 3.8) is 0 Å². The number of ether oxygens (including phenoxy) is 1. The monoisotopic (exact) mass is 436 g/mol. The van der Waals surface area contributed by atoms with Gasteiger partial charge in [0.1, 0.15) is 5.75 Å². The van der Waals surface area contributed by atoms with Crippen molar-refractivity contribution < 1.29 is 17.9 Å². The van der Waals surface area contributed by atoms with Gasteiger partial charge in [-0.3, -0.25) is 4.79 Å². The van der Waals surface area contributed by atoms with Gasteiger partial charge in [-0.1, -0.05) is 29.8 Å². The lowest BCUT2D eigenvalue weighted by atomic mass is 9.98. The molecule has 0 spiro atoms. The van der Waals surface area contributed by atoms with Crippen LogP contribution in [-0.2, 0) is 21.2 Å². The molecule has 1 amide bonds. The third-order valence-electron chi connectivity index (χ3n) is 5.09. The van der Waals surface area contributed by atoms with Crippen molar-refractivity contribution in [3.05, 3.63) is 59.1 Å². The van der Waals surface area contributed by atoms with Gasteiger partial charge in [0, 0.05) is 24.7 Å². The quantitative estimate of drug-likeness (QED) is 0.723. The first-order chi connectivity index (χ1) is 13.9. The molecule has 0 aliphatic carbocycles. The summed E-state index contributed by atoms with van der Waals surface area (Å²) in [6.07, 6.45) is 1.97. The van der Waals surface area contributed by atoms with Gasteiger partial charge in [-0.05, 0) is 55.2 Å². The Kier molecular flexibility index (Phi) is 7.16. The summed E-state index contributed by atoms with van der Waals surface area (Å²) in [5.74, 6) is 0.319. The fraction of sp³-hybridized carbons (Fsp3) is 0.381. The smallest absolute Gasteiger partial charge is 0.243 e. The highest BCUT2D eigenvalue weighted by molar-refractivity contribution is 7.89. The number of methoxy groups -OCH3 is 1. The van der Waals surface area contributed by atoms with E-state index in [1.807, 2.05) is 24.3 Å². The summed E-state index contributed by atoms with van der Waals surface area (Å²) in [5.41, 5.74) is 1.02. The molecular formula is C21H25ClN2O4S. The largest absolute Gasteiger partial charge is 0.496 e. The summed E-state index contributed by atoms with van der Waals surface area (Å²) in [4.78, 5) is 12.8. The second-order valence-electron chi connectivity index (χ2n) is 7.01. The van der Waals surface area contributed by atoms with Crippen molar-refractivity contribution in [2.45, 2.75) is 24.2 Å². The maximum absolute atomic E-state index is 12.9. The Balaban J connectivity index is 1.58. The van der Waals surface area contributed by atoms with E-state index in [9.17, 15) is 13.2 Å². The van der Waals surface area contributed by atoms with E-state index in [4.69, 9.17) is 16.3 Å². The van der Waals surface area contributed by atoms with Crippen LogP contribution >= 0.6 is 11.6 Å². The molecule has 1 heterocycles. The number of hydrogen-bond donors (Lipinski definition) is 1. The van der Waals surface area contributed by atoms with Gasteiger partial charge in [-0.2, -0.15) is 4.31 Å². The number of hydrogen-bond acceptors (Lipinski definition) is 4. The van der Waals surface area contributed by atoms with Crippen LogP contribution < -0.4 is 10.1 Å². The van der Waals surface area contributed by atoms with Gasteiger partial charge in [-0.15, -0.1) is 0 Å². The minimum absolute atomic E-state index is 0.115. The molecule has 1 aliphatic heterocycles.